The molecule has 0 unspecified atom stereocenters. The number of hydrogen-bond acceptors (Lipinski definition) is 3. The lowest BCUT2D eigenvalue weighted by Gasteiger charge is -2.08. The lowest BCUT2D eigenvalue weighted by Crippen LogP contribution is -2.21. The van der Waals surface area contributed by atoms with Crippen LogP contribution in [0.4, 0.5) is 5.95 Å². The van der Waals surface area contributed by atoms with E-state index >= 15 is 0 Å². The molecule has 0 bridgehead atoms. The molecule has 2 aromatic heterocycles. The van der Waals surface area contributed by atoms with Gasteiger partial charge in [-0.1, -0.05) is 18.9 Å². The summed E-state index contributed by atoms with van der Waals surface area (Å²) < 4.78 is 1.78. The number of fused-ring (bicyclic) bond motifs is 1. The number of amides is 1. The highest BCUT2D eigenvalue weighted by atomic mass is 16.2. The van der Waals surface area contributed by atoms with E-state index in [0.717, 1.165) is 31.3 Å². The summed E-state index contributed by atoms with van der Waals surface area (Å²) in [7, 11) is 0. The summed E-state index contributed by atoms with van der Waals surface area (Å²) in [6.07, 6.45) is 6.13. The predicted octanol–water partition coefficient (Wildman–Crippen LogP) is 1.86. The third kappa shape index (κ3) is 1.88. The van der Waals surface area contributed by atoms with E-state index in [1.807, 2.05) is 24.4 Å². The monoisotopic (exact) mass is 230 g/mol. The van der Waals surface area contributed by atoms with Crippen LogP contribution in [0.5, 0.6) is 0 Å². The van der Waals surface area contributed by atoms with Gasteiger partial charge in [0.25, 0.3) is 0 Å². The standard InChI is InChI=1S/C12H14N4O/c17-11(9-5-1-2-6-9)13-12-15-14-10-7-3-4-8-16(10)12/h3-4,7-9H,1-2,5-6H2,(H,13,15,17). The molecule has 1 N–H and O–H groups in total. The number of rotatable bonds is 2. The van der Waals surface area contributed by atoms with Gasteiger partial charge in [0.1, 0.15) is 0 Å². The Bertz CT molecular complexity index is 542. The van der Waals surface area contributed by atoms with Crippen molar-refractivity contribution in [3.8, 4) is 0 Å². The molecule has 1 aliphatic carbocycles. The molecule has 2 aromatic rings. The van der Waals surface area contributed by atoms with Crippen LogP contribution in [-0.4, -0.2) is 20.5 Å². The maximum Gasteiger partial charge on any atom is 0.235 e. The maximum atomic E-state index is 12.0. The first-order chi connectivity index (χ1) is 8.34. The van der Waals surface area contributed by atoms with Crippen LogP contribution in [0.15, 0.2) is 24.4 Å². The Balaban J connectivity index is 1.82. The Hall–Kier alpha value is -1.91. The highest BCUT2D eigenvalue weighted by Gasteiger charge is 2.23. The average Bonchev–Trinajstić information content (AvgIpc) is 2.98. The van der Waals surface area contributed by atoms with Crippen LogP contribution < -0.4 is 5.32 Å². The predicted molar refractivity (Wildman–Crippen MR) is 63.6 cm³/mol. The first kappa shape index (κ1) is 10.3. The Morgan fingerprint density at radius 1 is 1.29 bits per heavy atom. The topological polar surface area (TPSA) is 59.3 Å². The molecule has 0 aliphatic heterocycles. The summed E-state index contributed by atoms with van der Waals surface area (Å²) in [6, 6.07) is 5.65. The molecule has 0 atom stereocenters. The largest absolute Gasteiger partial charge is 0.294 e. The van der Waals surface area contributed by atoms with Gasteiger partial charge in [-0.05, 0) is 25.0 Å². The molecule has 1 saturated carbocycles. The van der Waals surface area contributed by atoms with E-state index in [9.17, 15) is 4.79 Å². The van der Waals surface area contributed by atoms with Crippen LogP contribution in [0.1, 0.15) is 25.7 Å². The number of anilines is 1. The normalized spacial score (nSPS) is 16.5. The third-order valence-corrected chi connectivity index (χ3v) is 3.27. The van der Waals surface area contributed by atoms with Crippen LogP contribution in [-0.2, 0) is 4.79 Å². The Morgan fingerprint density at radius 2 is 2.12 bits per heavy atom. The Morgan fingerprint density at radius 3 is 2.94 bits per heavy atom. The fourth-order valence-corrected chi connectivity index (χ4v) is 2.33. The SMILES string of the molecule is O=C(Nc1nnc2ccccn12)C1CCCC1. The van der Waals surface area contributed by atoms with Crippen LogP contribution in [0.3, 0.4) is 0 Å². The molecule has 3 rings (SSSR count). The summed E-state index contributed by atoms with van der Waals surface area (Å²) in [6.45, 7) is 0. The molecule has 0 radical (unpaired) electrons. The van der Waals surface area contributed by atoms with E-state index in [1.165, 1.54) is 0 Å². The minimum Gasteiger partial charge on any atom is -0.294 e. The van der Waals surface area contributed by atoms with Crippen molar-refractivity contribution >= 4 is 17.5 Å². The van der Waals surface area contributed by atoms with Gasteiger partial charge in [0, 0.05) is 12.1 Å². The first-order valence-corrected chi connectivity index (χ1v) is 5.95. The minimum absolute atomic E-state index is 0.0700. The van der Waals surface area contributed by atoms with Crippen molar-refractivity contribution in [1.82, 2.24) is 14.6 Å². The lowest BCUT2D eigenvalue weighted by molar-refractivity contribution is -0.119. The second-order valence-electron chi connectivity index (χ2n) is 4.42. The zero-order chi connectivity index (χ0) is 11.7. The summed E-state index contributed by atoms with van der Waals surface area (Å²) in [5.74, 6) is 0.726. The Labute approximate surface area is 98.9 Å². The van der Waals surface area contributed by atoms with E-state index in [0.29, 0.717) is 5.95 Å². The van der Waals surface area contributed by atoms with Gasteiger partial charge in [0.05, 0.1) is 0 Å². The van der Waals surface area contributed by atoms with E-state index in [2.05, 4.69) is 15.5 Å². The van der Waals surface area contributed by atoms with Crippen LogP contribution >= 0.6 is 0 Å². The fourth-order valence-electron chi connectivity index (χ4n) is 2.33. The van der Waals surface area contributed by atoms with Gasteiger partial charge < -0.3 is 0 Å². The quantitative estimate of drug-likeness (QED) is 0.856. The number of pyridine rings is 1. The van der Waals surface area contributed by atoms with Crippen LogP contribution in [0, 0.1) is 5.92 Å². The molecule has 0 spiro atoms. The van der Waals surface area contributed by atoms with Crippen molar-refractivity contribution in [1.29, 1.82) is 0 Å². The fraction of sp³-hybridized carbons (Fsp3) is 0.417. The molecule has 17 heavy (non-hydrogen) atoms. The van der Waals surface area contributed by atoms with Crippen LogP contribution in [0.25, 0.3) is 5.65 Å². The zero-order valence-electron chi connectivity index (χ0n) is 9.47. The third-order valence-electron chi connectivity index (χ3n) is 3.27. The Kier molecular flexibility index (Phi) is 2.51. The molecule has 1 fully saturated rings. The van der Waals surface area contributed by atoms with Gasteiger partial charge in [0.15, 0.2) is 5.65 Å². The van der Waals surface area contributed by atoms with Gasteiger partial charge >= 0.3 is 0 Å². The minimum atomic E-state index is 0.0700. The van der Waals surface area contributed by atoms with E-state index in [1.54, 1.807) is 4.40 Å². The van der Waals surface area contributed by atoms with Crippen molar-refractivity contribution in [2.75, 3.05) is 5.32 Å². The summed E-state index contributed by atoms with van der Waals surface area (Å²) in [5.41, 5.74) is 0.745. The summed E-state index contributed by atoms with van der Waals surface area (Å²) >= 11 is 0. The molecule has 2 heterocycles. The smallest absolute Gasteiger partial charge is 0.235 e. The molecule has 5 heteroatoms. The molecule has 0 aromatic carbocycles. The lowest BCUT2D eigenvalue weighted by atomic mass is 10.1. The van der Waals surface area contributed by atoms with Crippen LogP contribution in [0.2, 0.25) is 0 Å². The zero-order valence-corrected chi connectivity index (χ0v) is 9.47. The van der Waals surface area contributed by atoms with Gasteiger partial charge in [0.2, 0.25) is 11.9 Å². The maximum absolute atomic E-state index is 12.0. The van der Waals surface area contributed by atoms with Crippen molar-refractivity contribution in [3.63, 3.8) is 0 Å². The van der Waals surface area contributed by atoms with E-state index < -0.39 is 0 Å². The molecule has 1 amide bonds. The molecular weight excluding hydrogens is 216 g/mol. The van der Waals surface area contributed by atoms with E-state index in [4.69, 9.17) is 0 Å². The molecule has 0 saturated heterocycles. The molecular formula is C12H14N4O. The van der Waals surface area contributed by atoms with Crippen molar-refractivity contribution in [3.05, 3.63) is 24.4 Å². The number of hydrogen-bond donors (Lipinski definition) is 1. The first-order valence-electron chi connectivity index (χ1n) is 5.95. The van der Waals surface area contributed by atoms with Gasteiger partial charge in [-0.3, -0.25) is 14.5 Å². The molecule has 5 nitrogen and oxygen atoms in total. The second kappa shape index (κ2) is 4.16. The summed E-state index contributed by atoms with van der Waals surface area (Å²) in [4.78, 5) is 12.0. The number of nitrogens with zero attached hydrogens (tertiary/aromatic N) is 3. The van der Waals surface area contributed by atoms with E-state index in [-0.39, 0.29) is 11.8 Å². The van der Waals surface area contributed by atoms with Gasteiger partial charge in [-0.15, -0.1) is 10.2 Å². The average molecular weight is 230 g/mol. The summed E-state index contributed by atoms with van der Waals surface area (Å²) in [5, 5.41) is 10.8. The van der Waals surface area contributed by atoms with Crippen molar-refractivity contribution in [2.24, 2.45) is 5.92 Å². The van der Waals surface area contributed by atoms with Gasteiger partial charge in [-0.2, -0.15) is 0 Å². The molecule has 88 valence electrons. The van der Waals surface area contributed by atoms with Gasteiger partial charge in [-0.25, -0.2) is 0 Å². The highest BCUT2D eigenvalue weighted by Crippen LogP contribution is 2.25. The molecule has 1 aliphatic rings. The number of carbonyl (C=O) groups excluding carboxylic acids is 1. The van der Waals surface area contributed by atoms with Crippen molar-refractivity contribution in [2.45, 2.75) is 25.7 Å². The highest BCUT2D eigenvalue weighted by molar-refractivity contribution is 5.91. The number of aromatic nitrogens is 3. The number of carbonyl (C=O) groups is 1. The number of nitrogens with one attached hydrogen (secondary N) is 1. The second-order valence-corrected chi connectivity index (χ2v) is 4.42. The van der Waals surface area contributed by atoms with Crippen molar-refractivity contribution < 1.29 is 4.79 Å².